The summed E-state index contributed by atoms with van der Waals surface area (Å²) < 4.78 is 52.9. The van der Waals surface area contributed by atoms with Crippen molar-refractivity contribution >= 4 is 11.8 Å². The van der Waals surface area contributed by atoms with Crippen LogP contribution in [0.3, 0.4) is 0 Å². The molecule has 0 radical (unpaired) electrons. The minimum Gasteiger partial charge on any atom is -0.388 e. The number of fused-ring (bicyclic) bond motifs is 4. The molecule has 4 aliphatic rings. The summed E-state index contributed by atoms with van der Waals surface area (Å²) in [7, 11) is 0. The Labute approximate surface area is 286 Å². The van der Waals surface area contributed by atoms with E-state index in [0.29, 0.717) is 30.1 Å². The second-order valence-corrected chi connectivity index (χ2v) is 16.3. The lowest BCUT2D eigenvalue weighted by Gasteiger charge is -2.48. The van der Waals surface area contributed by atoms with Gasteiger partial charge in [0.25, 0.3) is 0 Å². The molecule has 1 saturated heterocycles. The SMILES string of the molecule is CC.CC(C)c1nc2c(c3c1[C@@H](c1ccc(C(F)(F)F)cn1)OC31CCOCC1C)[C@@H](O)CC1(CCC1)C2.CCC.CSC(C)(C)C. The van der Waals surface area contributed by atoms with Crippen molar-refractivity contribution in [3.05, 3.63) is 57.7 Å². The molecular weight excluding hydrogens is 621 g/mol. The Bertz CT molecular complexity index is 1310. The van der Waals surface area contributed by atoms with Crippen LogP contribution in [0.2, 0.25) is 0 Å². The highest BCUT2D eigenvalue weighted by atomic mass is 32.2. The third kappa shape index (κ3) is 8.56. The number of rotatable bonds is 2. The van der Waals surface area contributed by atoms with Gasteiger partial charge in [0.15, 0.2) is 0 Å². The van der Waals surface area contributed by atoms with Gasteiger partial charge in [-0.2, -0.15) is 24.9 Å². The molecule has 4 atom stereocenters. The summed E-state index contributed by atoms with van der Waals surface area (Å²) in [6.07, 6.45) is 4.13. The molecule has 266 valence electrons. The second kappa shape index (κ2) is 15.9. The molecular formula is C38H59F3N2O3S. The van der Waals surface area contributed by atoms with Crippen LogP contribution in [0.25, 0.3) is 0 Å². The Hall–Kier alpha value is -1.68. The average molecular weight is 681 g/mol. The fourth-order valence-corrected chi connectivity index (χ4v) is 7.01. The van der Waals surface area contributed by atoms with E-state index in [1.165, 1.54) is 18.9 Å². The molecule has 0 amide bonds. The van der Waals surface area contributed by atoms with Crippen molar-refractivity contribution < 1.29 is 27.8 Å². The lowest BCUT2D eigenvalue weighted by atomic mass is 9.58. The Morgan fingerprint density at radius 3 is 2.13 bits per heavy atom. The molecule has 47 heavy (non-hydrogen) atoms. The molecule has 2 aliphatic heterocycles. The van der Waals surface area contributed by atoms with E-state index in [9.17, 15) is 18.3 Å². The highest BCUT2D eigenvalue weighted by Gasteiger charge is 2.56. The summed E-state index contributed by atoms with van der Waals surface area (Å²) in [5.41, 5.74) is 3.71. The van der Waals surface area contributed by atoms with Crippen molar-refractivity contribution in [1.82, 2.24) is 9.97 Å². The van der Waals surface area contributed by atoms with Crippen molar-refractivity contribution in [1.29, 1.82) is 0 Å². The number of aliphatic hydroxyl groups excluding tert-OH is 1. The van der Waals surface area contributed by atoms with Gasteiger partial charge >= 0.3 is 6.18 Å². The number of thioether (sulfide) groups is 1. The van der Waals surface area contributed by atoms with Crippen LogP contribution in [-0.2, 0) is 27.7 Å². The van der Waals surface area contributed by atoms with E-state index < -0.39 is 29.5 Å². The van der Waals surface area contributed by atoms with Gasteiger partial charge in [-0.1, -0.05) is 82.1 Å². The Kier molecular flexibility index (Phi) is 13.5. The van der Waals surface area contributed by atoms with Crippen molar-refractivity contribution in [2.24, 2.45) is 11.3 Å². The molecule has 1 saturated carbocycles. The van der Waals surface area contributed by atoms with Gasteiger partial charge in [0.1, 0.15) is 11.7 Å². The lowest BCUT2D eigenvalue weighted by molar-refractivity contribution is -0.158. The van der Waals surface area contributed by atoms with Crippen molar-refractivity contribution in [2.45, 2.75) is 149 Å². The topological polar surface area (TPSA) is 64.5 Å². The molecule has 6 rings (SSSR count). The predicted octanol–water partition coefficient (Wildman–Crippen LogP) is 10.7. The minimum absolute atomic E-state index is 0.00255. The molecule has 5 nitrogen and oxygen atoms in total. The van der Waals surface area contributed by atoms with E-state index >= 15 is 0 Å². The predicted molar refractivity (Wildman–Crippen MR) is 187 cm³/mol. The van der Waals surface area contributed by atoms with Crippen LogP contribution in [0, 0.1) is 11.3 Å². The van der Waals surface area contributed by atoms with E-state index in [4.69, 9.17) is 14.5 Å². The van der Waals surface area contributed by atoms with E-state index in [-0.39, 0.29) is 17.3 Å². The van der Waals surface area contributed by atoms with E-state index in [1.807, 2.05) is 25.6 Å². The van der Waals surface area contributed by atoms with Gasteiger partial charge in [-0.3, -0.25) is 9.97 Å². The van der Waals surface area contributed by atoms with Crippen molar-refractivity contribution in [3.8, 4) is 0 Å². The van der Waals surface area contributed by atoms with Gasteiger partial charge in [0.2, 0.25) is 0 Å². The van der Waals surface area contributed by atoms with Crippen LogP contribution >= 0.6 is 11.8 Å². The molecule has 0 bridgehead atoms. The zero-order valence-electron chi connectivity index (χ0n) is 30.6. The van der Waals surface area contributed by atoms with Crippen LogP contribution < -0.4 is 0 Å². The highest BCUT2D eigenvalue weighted by Crippen LogP contribution is 2.61. The first kappa shape index (κ1) is 39.8. The Balaban J connectivity index is 0.000000480. The van der Waals surface area contributed by atoms with E-state index in [1.54, 1.807) is 0 Å². The van der Waals surface area contributed by atoms with Crippen LogP contribution in [0.4, 0.5) is 13.2 Å². The lowest BCUT2D eigenvalue weighted by Crippen LogP contribution is -2.44. The number of ether oxygens (including phenoxy) is 2. The van der Waals surface area contributed by atoms with Crippen LogP contribution in [-0.4, -0.2) is 39.3 Å². The zero-order chi connectivity index (χ0) is 35.4. The van der Waals surface area contributed by atoms with Gasteiger partial charge in [0.05, 0.1) is 24.0 Å². The maximum Gasteiger partial charge on any atom is 0.417 e. The van der Waals surface area contributed by atoms with Gasteiger partial charge in [-0.25, -0.2) is 0 Å². The monoisotopic (exact) mass is 680 g/mol. The minimum atomic E-state index is -4.46. The molecule has 2 aromatic heterocycles. The molecule has 1 N–H and O–H groups in total. The summed E-state index contributed by atoms with van der Waals surface area (Å²) in [6, 6.07) is 2.49. The van der Waals surface area contributed by atoms with Gasteiger partial charge in [0, 0.05) is 52.4 Å². The summed E-state index contributed by atoms with van der Waals surface area (Å²) in [6.45, 7) is 22.2. The van der Waals surface area contributed by atoms with E-state index in [0.717, 1.165) is 66.0 Å². The van der Waals surface area contributed by atoms with Crippen LogP contribution in [0.5, 0.6) is 0 Å². The fourth-order valence-electron chi connectivity index (χ4n) is 7.01. The largest absolute Gasteiger partial charge is 0.417 e. The molecule has 0 aromatic carbocycles. The zero-order valence-corrected chi connectivity index (χ0v) is 31.4. The molecule has 2 fully saturated rings. The van der Waals surface area contributed by atoms with Gasteiger partial charge < -0.3 is 14.6 Å². The number of aliphatic hydroxyl groups is 1. The summed E-state index contributed by atoms with van der Waals surface area (Å²) in [5.74, 6) is 0.0778. The summed E-state index contributed by atoms with van der Waals surface area (Å²) in [4.78, 5) is 9.41. The molecule has 2 aromatic rings. The molecule has 2 unspecified atom stereocenters. The van der Waals surface area contributed by atoms with Crippen molar-refractivity contribution in [3.63, 3.8) is 0 Å². The van der Waals surface area contributed by atoms with E-state index in [2.05, 4.69) is 66.6 Å². The van der Waals surface area contributed by atoms with Gasteiger partial charge in [-0.05, 0) is 61.0 Å². The molecule has 4 heterocycles. The number of pyridine rings is 2. The van der Waals surface area contributed by atoms with Crippen LogP contribution in [0.15, 0.2) is 18.3 Å². The first-order valence-electron chi connectivity index (χ1n) is 17.6. The second-order valence-electron chi connectivity index (χ2n) is 14.7. The maximum atomic E-state index is 13.2. The van der Waals surface area contributed by atoms with Crippen LogP contribution in [0.1, 0.15) is 165 Å². The first-order chi connectivity index (χ1) is 22.0. The number of hydrogen-bond acceptors (Lipinski definition) is 6. The normalized spacial score (nSPS) is 25.7. The highest BCUT2D eigenvalue weighted by molar-refractivity contribution is 7.99. The number of aromatic nitrogens is 2. The van der Waals surface area contributed by atoms with Gasteiger partial charge in [-0.15, -0.1) is 0 Å². The molecule has 2 spiro atoms. The summed E-state index contributed by atoms with van der Waals surface area (Å²) in [5, 5.41) is 11.6. The number of nitrogens with zero attached hydrogens (tertiary/aromatic N) is 2. The number of alkyl halides is 3. The molecule has 2 aliphatic carbocycles. The maximum absolute atomic E-state index is 13.2. The standard InChI is InChI=1S/C28H33F3N2O3.C5H12S.C3H8.C2H6/c1-15(2)24-22-23(21-19(33-24)11-26(7-4-8-26)12-20(21)34)27(9-10-35-14-16(27)3)36-25(22)18-6-5-17(13-32-18)28(29,30)31;1-5(2,3)6-4;1-3-2;1-2/h5-6,13,15-16,20,25,34H,4,7-12,14H2,1-3H3;1-4H3;3H2,1-2H3;1-2H3/t16?,20-,25+,27?;;;/m0.../s1. The van der Waals surface area contributed by atoms with Crippen molar-refractivity contribution in [2.75, 3.05) is 19.5 Å². The molecule has 9 heteroatoms. The fraction of sp³-hybridized carbons (Fsp3) is 0.737. The Morgan fingerprint density at radius 1 is 1.06 bits per heavy atom. The smallest absolute Gasteiger partial charge is 0.388 e. The first-order valence-corrected chi connectivity index (χ1v) is 18.8. The Morgan fingerprint density at radius 2 is 1.68 bits per heavy atom. The quantitative estimate of drug-likeness (QED) is 0.341. The number of halogens is 3. The average Bonchev–Trinajstić information content (AvgIpc) is 3.33. The summed E-state index contributed by atoms with van der Waals surface area (Å²) >= 11 is 1.88. The third-order valence-electron chi connectivity index (χ3n) is 9.63. The number of hydrogen-bond donors (Lipinski definition) is 1. The third-order valence-corrected chi connectivity index (χ3v) is 10.9.